The minimum absolute atomic E-state index is 0.0560. The van der Waals surface area contributed by atoms with E-state index in [2.05, 4.69) is 5.10 Å². The van der Waals surface area contributed by atoms with Crippen LogP contribution in [0.4, 0.5) is 8.78 Å². The summed E-state index contributed by atoms with van der Waals surface area (Å²) >= 11 is 0. The predicted molar refractivity (Wildman–Crippen MR) is 84.4 cm³/mol. The van der Waals surface area contributed by atoms with Crippen LogP contribution in [0, 0.1) is 23.5 Å². The number of nitrogens with zero attached hydrogens (tertiary/aromatic N) is 3. The van der Waals surface area contributed by atoms with E-state index in [1.807, 2.05) is 12.2 Å². The Hall–Kier alpha value is -2.83. The summed E-state index contributed by atoms with van der Waals surface area (Å²) in [4.78, 5) is 26.1. The zero-order valence-electron chi connectivity index (χ0n) is 13.2. The SMILES string of the molecule is O=C1[C@H]2CC=CC[C@H]2C(=O)N1Cc1ccn(-c2ccc(F)cc2F)n1. The van der Waals surface area contributed by atoms with Gasteiger partial charge in [-0.15, -0.1) is 0 Å². The molecule has 0 unspecified atom stereocenters. The fourth-order valence-corrected chi connectivity index (χ4v) is 3.43. The zero-order valence-corrected chi connectivity index (χ0v) is 13.2. The van der Waals surface area contributed by atoms with Crippen molar-refractivity contribution < 1.29 is 18.4 Å². The van der Waals surface area contributed by atoms with Crippen LogP contribution >= 0.6 is 0 Å². The summed E-state index contributed by atoms with van der Waals surface area (Å²) in [6, 6.07) is 4.82. The molecule has 1 aliphatic heterocycles. The number of aromatic nitrogens is 2. The molecule has 1 fully saturated rings. The lowest BCUT2D eigenvalue weighted by Gasteiger charge is -2.14. The molecule has 1 aromatic carbocycles. The predicted octanol–water partition coefficient (Wildman–Crippen LogP) is 2.60. The molecule has 0 bridgehead atoms. The number of halogens is 2. The van der Waals surface area contributed by atoms with E-state index in [1.54, 1.807) is 6.07 Å². The minimum atomic E-state index is -0.736. The van der Waals surface area contributed by atoms with Crippen molar-refractivity contribution in [3.63, 3.8) is 0 Å². The van der Waals surface area contributed by atoms with Gasteiger partial charge in [0, 0.05) is 12.3 Å². The minimum Gasteiger partial charge on any atom is -0.276 e. The van der Waals surface area contributed by atoms with Gasteiger partial charge in [0.25, 0.3) is 0 Å². The number of likely N-dealkylation sites (tertiary alicyclic amines) is 1. The molecule has 2 heterocycles. The van der Waals surface area contributed by atoms with Crippen molar-refractivity contribution in [1.29, 1.82) is 0 Å². The van der Waals surface area contributed by atoms with Gasteiger partial charge in [-0.1, -0.05) is 12.2 Å². The Morgan fingerprint density at radius 3 is 2.36 bits per heavy atom. The molecular weight excluding hydrogens is 328 g/mol. The van der Waals surface area contributed by atoms with E-state index in [1.165, 1.54) is 21.8 Å². The summed E-state index contributed by atoms with van der Waals surface area (Å²) in [5, 5.41) is 4.21. The van der Waals surface area contributed by atoms with Crippen molar-refractivity contribution >= 4 is 11.8 Å². The van der Waals surface area contributed by atoms with E-state index < -0.39 is 11.6 Å². The lowest BCUT2D eigenvalue weighted by atomic mass is 9.85. The van der Waals surface area contributed by atoms with E-state index in [4.69, 9.17) is 0 Å². The highest BCUT2D eigenvalue weighted by atomic mass is 19.1. The third kappa shape index (κ3) is 2.65. The van der Waals surface area contributed by atoms with Gasteiger partial charge in [0.05, 0.1) is 24.1 Å². The molecule has 25 heavy (non-hydrogen) atoms. The lowest BCUT2D eigenvalue weighted by Crippen LogP contribution is -2.30. The van der Waals surface area contributed by atoms with Crippen LogP contribution < -0.4 is 0 Å². The first-order chi connectivity index (χ1) is 12.0. The molecule has 4 rings (SSSR count). The fraction of sp³-hybridized carbons (Fsp3) is 0.278. The second-order valence-electron chi connectivity index (χ2n) is 6.27. The Morgan fingerprint density at radius 2 is 1.72 bits per heavy atom. The number of benzene rings is 1. The number of allylic oxidation sites excluding steroid dienone is 2. The molecule has 128 valence electrons. The Kier molecular flexibility index (Phi) is 3.71. The van der Waals surface area contributed by atoms with Gasteiger partial charge >= 0.3 is 0 Å². The normalized spacial score (nSPS) is 22.6. The summed E-state index contributed by atoms with van der Waals surface area (Å²) in [5.41, 5.74) is 0.571. The van der Waals surface area contributed by atoms with Gasteiger partial charge in [-0.2, -0.15) is 5.10 Å². The number of rotatable bonds is 3. The maximum Gasteiger partial charge on any atom is 0.233 e. The summed E-state index contributed by atoms with van der Waals surface area (Å²) in [6.07, 6.45) is 6.55. The number of hydrogen-bond donors (Lipinski definition) is 0. The van der Waals surface area contributed by atoms with Crippen molar-refractivity contribution in [3.05, 3.63) is 59.9 Å². The summed E-state index contributed by atoms with van der Waals surface area (Å²) in [6.45, 7) is 0.0560. The highest BCUT2D eigenvalue weighted by Gasteiger charge is 2.47. The molecule has 1 aliphatic carbocycles. The molecule has 2 amide bonds. The number of carbonyl (C=O) groups is 2. The number of hydrogen-bond acceptors (Lipinski definition) is 3. The molecular formula is C18H15F2N3O2. The largest absolute Gasteiger partial charge is 0.276 e. The molecule has 5 nitrogen and oxygen atoms in total. The average Bonchev–Trinajstić information content (AvgIpc) is 3.15. The number of carbonyl (C=O) groups excluding carboxylic acids is 2. The zero-order chi connectivity index (χ0) is 17.6. The van der Waals surface area contributed by atoms with Crippen LogP contribution in [0.25, 0.3) is 5.69 Å². The van der Waals surface area contributed by atoms with Gasteiger partial charge in [0.1, 0.15) is 11.5 Å². The quantitative estimate of drug-likeness (QED) is 0.636. The second kappa shape index (κ2) is 5.91. The molecule has 1 saturated heterocycles. The smallest absolute Gasteiger partial charge is 0.233 e. The Bertz CT molecular complexity index is 864. The van der Waals surface area contributed by atoms with Crippen LogP contribution in [0.5, 0.6) is 0 Å². The van der Waals surface area contributed by atoms with Crippen LogP contribution in [-0.4, -0.2) is 26.5 Å². The van der Waals surface area contributed by atoms with Gasteiger partial charge < -0.3 is 0 Å². The first-order valence-corrected chi connectivity index (χ1v) is 8.05. The highest BCUT2D eigenvalue weighted by Crippen LogP contribution is 2.35. The van der Waals surface area contributed by atoms with Crippen LogP contribution in [0.15, 0.2) is 42.6 Å². The second-order valence-corrected chi connectivity index (χ2v) is 6.27. The van der Waals surface area contributed by atoms with Crippen LogP contribution in [-0.2, 0) is 16.1 Å². The molecule has 0 radical (unpaired) electrons. The average molecular weight is 343 g/mol. The standard InChI is InChI=1S/C18H15F2N3O2/c19-11-5-6-16(15(20)9-11)23-8-7-12(21-23)10-22-17(24)13-3-1-2-4-14(13)18(22)25/h1-2,5-9,13-14H,3-4,10H2/t13-,14+. The summed E-state index contributed by atoms with van der Waals surface area (Å²) in [7, 11) is 0. The number of amides is 2. The first kappa shape index (κ1) is 15.7. The van der Waals surface area contributed by atoms with Crippen molar-refractivity contribution in [2.24, 2.45) is 11.8 Å². The fourth-order valence-electron chi connectivity index (χ4n) is 3.43. The van der Waals surface area contributed by atoms with Crippen molar-refractivity contribution in [3.8, 4) is 5.69 Å². The summed E-state index contributed by atoms with van der Waals surface area (Å²) in [5.74, 6) is -2.33. The topological polar surface area (TPSA) is 55.2 Å². The van der Waals surface area contributed by atoms with Gasteiger partial charge in [0.15, 0.2) is 5.82 Å². The number of fused-ring (bicyclic) bond motifs is 1. The van der Waals surface area contributed by atoms with Crippen molar-refractivity contribution in [2.45, 2.75) is 19.4 Å². The van der Waals surface area contributed by atoms with Gasteiger partial charge in [-0.05, 0) is 31.0 Å². The number of imide groups is 1. The van der Waals surface area contributed by atoms with E-state index in [9.17, 15) is 18.4 Å². The third-order valence-electron chi connectivity index (χ3n) is 4.72. The van der Waals surface area contributed by atoms with Crippen LogP contribution in [0.3, 0.4) is 0 Å². The first-order valence-electron chi connectivity index (χ1n) is 8.05. The molecule has 2 atom stereocenters. The molecule has 0 N–H and O–H groups in total. The third-order valence-corrected chi connectivity index (χ3v) is 4.72. The van der Waals surface area contributed by atoms with E-state index in [-0.39, 0.29) is 35.9 Å². The molecule has 0 spiro atoms. The van der Waals surface area contributed by atoms with Crippen molar-refractivity contribution in [1.82, 2.24) is 14.7 Å². The molecule has 1 aromatic heterocycles. The molecule has 0 saturated carbocycles. The highest BCUT2D eigenvalue weighted by molar-refractivity contribution is 6.05. The molecule has 2 aliphatic rings. The van der Waals surface area contributed by atoms with Crippen molar-refractivity contribution in [2.75, 3.05) is 0 Å². The van der Waals surface area contributed by atoms with Crippen LogP contribution in [0.1, 0.15) is 18.5 Å². The van der Waals surface area contributed by atoms with E-state index in [0.29, 0.717) is 18.5 Å². The monoisotopic (exact) mass is 343 g/mol. The Morgan fingerprint density at radius 1 is 1.04 bits per heavy atom. The van der Waals surface area contributed by atoms with Gasteiger partial charge in [0.2, 0.25) is 11.8 Å². The maximum absolute atomic E-state index is 13.8. The molecule has 7 heteroatoms. The Labute approximate surface area is 142 Å². The maximum atomic E-state index is 13.8. The van der Waals surface area contributed by atoms with Crippen LogP contribution in [0.2, 0.25) is 0 Å². The molecule has 2 aromatic rings. The summed E-state index contributed by atoms with van der Waals surface area (Å²) < 4.78 is 28.1. The lowest BCUT2D eigenvalue weighted by molar-refractivity contribution is -0.140. The van der Waals surface area contributed by atoms with E-state index in [0.717, 1.165) is 12.1 Å². The Balaban J connectivity index is 1.55. The van der Waals surface area contributed by atoms with Gasteiger partial charge in [-0.3, -0.25) is 14.5 Å². The van der Waals surface area contributed by atoms with Gasteiger partial charge in [-0.25, -0.2) is 13.5 Å². The van der Waals surface area contributed by atoms with E-state index >= 15 is 0 Å².